The van der Waals surface area contributed by atoms with Crippen LogP contribution in [0.2, 0.25) is 5.02 Å². The normalized spacial score (nSPS) is 14.9. The molecule has 1 aliphatic rings. The number of benzene rings is 2. The molecule has 1 aliphatic heterocycles. The summed E-state index contributed by atoms with van der Waals surface area (Å²) in [5, 5.41) is 21.5. The average molecular weight is 443 g/mol. The number of rotatable bonds is 8. The Kier molecular flexibility index (Phi) is 6.61. The zero-order valence-electron chi connectivity index (χ0n) is 16.2. The van der Waals surface area contributed by atoms with Crippen LogP contribution in [0.5, 0.6) is 0 Å². The van der Waals surface area contributed by atoms with Crippen molar-refractivity contribution in [2.45, 2.75) is 12.5 Å². The lowest BCUT2D eigenvalue weighted by Crippen LogP contribution is -2.59. The van der Waals surface area contributed by atoms with Gasteiger partial charge in [-0.05, 0) is 23.8 Å². The van der Waals surface area contributed by atoms with Crippen LogP contribution in [0.15, 0.2) is 53.8 Å². The molecule has 1 saturated heterocycles. The molecular weight excluding hydrogens is 424 g/mol. The Balaban J connectivity index is 1.89. The van der Waals surface area contributed by atoms with Crippen molar-refractivity contribution in [2.75, 3.05) is 23.0 Å². The van der Waals surface area contributed by atoms with E-state index < -0.39 is 36.9 Å². The van der Waals surface area contributed by atoms with E-state index in [0.29, 0.717) is 0 Å². The minimum atomic E-state index is -1.20. The lowest BCUT2D eigenvalue weighted by molar-refractivity contribution is -0.152. The van der Waals surface area contributed by atoms with Gasteiger partial charge in [0.2, 0.25) is 11.8 Å². The summed E-state index contributed by atoms with van der Waals surface area (Å²) in [6.07, 6.45) is 0.847. The van der Waals surface area contributed by atoms with E-state index in [1.165, 1.54) is 18.2 Å². The van der Waals surface area contributed by atoms with Crippen LogP contribution in [-0.2, 0) is 20.8 Å². The minimum Gasteiger partial charge on any atom is -0.480 e. The lowest BCUT2D eigenvalue weighted by Gasteiger charge is -2.37. The van der Waals surface area contributed by atoms with Crippen molar-refractivity contribution in [2.24, 2.45) is 5.22 Å². The molecule has 0 bridgehead atoms. The second-order valence-electron chi connectivity index (χ2n) is 6.75. The second kappa shape index (κ2) is 9.35. The quantitative estimate of drug-likeness (QED) is 0.249. The van der Waals surface area contributed by atoms with Gasteiger partial charge in [-0.15, -0.1) is 0 Å². The van der Waals surface area contributed by atoms with E-state index in [9.17, 15) is 19.5 Å². The van der Waals surface area contributed by atoms with Gasteiger partial charge in [-0.3, -0.25) is 19.9 Å². The monoisotopic (exact) mass is 442 g/mol. The van der Waals surface area contributed by atoms with Crippen molar-refractivity contribution < 1.29 is 19.5 Å². The summed E-state index contributed by atoms with van der Waals surface area (Å²) in [5.74, 6) is -2.26. The fourth-order valence-corrected chi connectivity index (χ4v) is 3.53. The van der Waals surface area contributed by atoms with Crippen LogP contribution < -0.4 is 9.91 Å². The predicted molar refractivity (Wildman–Crippen MR) is 113 cm³/mol. The molecule has 10 nitrogen and oxygen atoms in total. The molecule has 0 spiro atoms. The summed E-state index contributed by atoms with van der Waals surface area (Å²) >= 11 is 6.06. The maximum Gasteiger partial charge on any atom is 0.326 e. The molecule has 11 heteroatoms. The van der Waals surface area contributed by atoms with Gasteiger partial charge in [-0.25, -0.2) is 9.80 Å². The summed E-state index contributed by atoms with van der Waals surface area (Å²) < 4.78 is 0. The van der Waals surface area contributed by atoms with Gasteiger partial charge in [0.25, 0.3) is 0 Å². The zero-order valence-corrected chi connectivity index (χ0v) is 17.0. The molecule has 2 amide bonds. The van der Waals surface area contributed by atoms with E-state index in [1.54, 1.807) is 30.3 Å². The summed E-state index contributed by atoms with van der Waals surface area (Å²) in [6, 6.07) is 12.1. The molecule has 31 heavy (non-hydrogen) atoms. The molecular formula is C20H19ClN6O4. The third-order valence-electron chi connectivity index (χ3n) is 4.86. The summed E-state index contributed by atoms with van der Waals surface area (Å²) in [4.78, 5) is 39.9. The van der Waals surface area contributed by atoms with Gasteiger partial charge in [0.15, 0.2) is 0 Å². The third kappa shape index (κ3) is 4.69. The summed E-state index contributed by atoms with van der Waals surface area (Å²) in [6.45, 7) is -0.841. The maximum atomic E-state index is 12.9. The Morgan fingerprint density at radius 3 is 2.52 bits per heavy atom. The van der Waals surface area contributed by atoms with Gasteiger partial charge in [0.1, 0.15) is 25.5 Å². The van der Waals surface area contributed by atoms with Gasteiger partial charge in [-0.2, -0.15) is 5.53 Å². The van der Waals surface area contributed by atoms with Crippen LogP contribution in [0.1, 0.15) is 5.56 Å². The van der Waals surface area contributed by atoms with Gasteiger partial charge in [0, 0.05) is 11.4 Å². The number of amides is 2. The summed E-state index contributed by atoms with van der Waals surface area (Å²) in [5.41, 5.74) is 8.35. The molecule has 1 fully saturated rings. The highest BCUT2D eigenvalue weighted by molar-refractivity contribution is 6.31. The second-order valence-corrected chi connectivity index (χ2v) is 7.19. The van der Waals surface area contributed by atoms with E-state index in [1.807, 2.05) is 0 Å². The molecule has 2 aromatic carbocycles. The van der Waals surface area contributed by atoms with Crippen LogP contribution in [0.25, 0.3) is 0 Å². The first-order valence-corrected chi connectivity index (χ1v) is 9.56. The van der Waals surface area contributed by atoms with Gasteiger partial charge < -0.3 is 10.0 Å². The number of nitrogens with zero attached hydrogens (tertiary/aromatic N) is 4. The summed E-state index contributed by atoms with van der Waals surface area (Å²) in [7, 11) is 0. The van der Waals surface area contributed by atoms with E-state index in [-0.39, 0.29) is 22.8 Å². The Labute approximate surface area is 182 Å². The maximum absolute atomic E-state index is 12.9. The molecule has 1 atom stereocenters. The number of carboxylic acids is 1. The van der Waals surface area contributed by atoms with E-state index >= 15 is 0 Å². The molecule has 0 saturated carbocycles. The average Bonchev–Trinajstić information content (AvgIpc) is 2.76. The molecule has 3 N–H and O–H groups in total. The SMILES string of the molecule is N=CN(N=N)c1ccc(Cl)cc1N1CC(=O)N(C(Cc2ccccc2)C(=O)O)CC1=O. The lowest BCUT2D eigenvalue weighted by atomic mass is 10.0. The topological polar surface area (TPSA) is 141 Å². The molecule has 3 rings (SSSR count). The van der Waals surface area contributed by atoms with Crippen molar-refractivity contribution in [3.8, 4) is 0 Å². The third-order valence-corrected chi connectivity index (χ3v) is 5.09. The van der Waals surface area contributed by atoms with Crippen molar-refractivity contribution in [1.82, 2.24) is 4.90 Å². The van der Waals surface area contributed by atoms with Crippen LogP contribution in [0.4, 0.5) is 11.4 Å². The zero-order chi connectivity index (χ0) is 22.5. The number of carbonyl (C=O) groups is 3. The molecule has 1 heterocycles. The number of carboxylic acid groups (broad SMARTS) is 1. The Morgan fingerprint density at radius 2 is 1.90 bits per heavy atom. The first-order valence-electron chi connectivity index (χ1n) is 9.19. The highest BCUT2D eigenvalue weighted by Crippen LogP contribution is 2.33. The number of hydrogen-bond acceptors (Lipinski definition) is 6. The molecule has 0 aromatic heterocycles. The van der Waals surface area contributed by atoms with Gasteiger partial charge in [0.05, 0.1) is 11.4 Å². The largest absolute Gasteiger partial charge is 0.480 e. The predicted octanol–water partition coefficient (Wildman–Crippen LogP) is 2.57. The molecule has 160 valence electrons. The van der Waals surface area contributed by atoms with Crippen molar-refractivity contribution in [3.63, 3.8) is 0 Å². The smallest absolute Gasteiger partial charge is 0.326 e. The van der Waals surface area contributed by atoms with Crippen molar-refractivity contribution in [3.05, 3.63) is 59.1 Å². The number of anilines is 2. The fourth-order valence-electron chi connectivity index (χ4n) is 3.36. The Bertz CT molecular complexity index is 1020. The van der Waals surface area contributed by atoms with E-state index in [4.69, 9.17) is 22.5 Å². The van der Waals surface area contributed by atoms with Crippen LogP contribution in [0, 0.1) is 10.9 Å². The molecule has 0 aliphatic carbocycles. The van der Waals surface area contributed by atoms with Gasteiger partial charge >= 0.3 is 5.97 Å². The number of carbonyl (C=O) groups excluding carboxylic acids is 2. The van der Waals surface area contributed by atoms with Crippen LogP contribution in [-0.4, -0.2) is 53.3 Å². The first-order chi connectivity index (χ1) is 14.8. The van der Waals surface area contributed by atoms with E-state index in [2.05, 4.69) is 5.22 Å². The van der Waals surface area contributed by atoms with E-state index in [0.717, 1.165) is 26.7 Å². The van der Waals surface area contributed by atoms with Crippen LogP contribution in [0.3, 0.4) is 0 Å². The minimum absolute atomic E-state index is 0.0664. The highest BCUT2D eigenvalue weighted by atomic mass is 35.5. The Morgan fingerprint density at radius 1 is 1.19 bits per heavy atom. The molecule has 0 radical (unpaired) electrons. The number of hydrogen-bond donors (Lipinski definition) is 3. The van der Waals surface area contributed by atoms with Gasteiger partial charge in [-0.1, -0.05) is 47.2 Å². The fraction of sp³-hybridized carbons (Fsp3) is 0.200. The number of nitrogens with one attached hydrogen (secondary N) is 2. The molecule has 1 unspecified atom stereocenters. The number of piperazine rings is 1. The number of aliphatic carboxylic acids is 1. The highest BCUT2D eigenvalue weighted by Gasteiger charge is 2.39. The molecule has 2 aromatic rings. The Hall–Kier alpha value is -3.79. The van der Waals surface area contributed by atoms with Crippen molar-refractivity contribution >= 4 is 47.1 Å². The van der Waals surface area contributed by atoms with Crippen molar-refractivity contribution in [1.29, 1.82) is 10.9 Å². The first kappa shape index (κ1) is 21.9. The standard InChI is InChI=1S/C20H19ClN6O4/c21-14-6-7-15(27(12-22)24-23)16(9-14)25-10-19(29)26(11-18(25)28)17(20(30)31)8-13-4-2-1-3-5-13/h1-7,9,12,17,22-23H,8,10-11H2,(H,30,31). The number of halogens is 1. The van der Waals surface area contributed by atoms with Crippen LogP contribution >= 0.6 is 11.6 Å².